The van der Waals surface area contributed by atoms with Crippen molar-refractivity contribution >= 4 is 74.2 Å². The number of halogens is 2. The Morgan fingerprint density at radius 1 is 0.829 bits per heavy atom. The maximum atomic E-state index is 5.13. The molecule has 0 atom stereocenters. The van der Waals surface area contributed by atoms with Crippen LogP contribution in [0.1, 0.15) is 54.8 Å². The number of H-pyrrole nitrogens is 2. The molecule has 2 aromatic heterocycles. The number of allylic oxidation sites excluding steroid dienone is 3. The van der Waals surface area contributed by atoms with Crippen molar-refractivity contribution in [1.29, 1.82) is 0 Å². The van der Waals surface area contributed by atoms with Crippen LogP contribution >= 0.6 is 45.2 Å². The van der Waals surface area contributed by atoms with E-state index in [4.69, 9.17) is 4.99 Å². The van der Waals surface area contributed by atoms with Crippen LogP contribution in [0.3, 0.4) is 0 Å². The summed E-state index contributed by atoms with van der Waals surface area (Å²) in [6.07, 6.45) is 8.49. The van der Waals surface area contributed by atoms with E-state index in [1.165, 1.54) is 40.7 Å². The number of aryl methyl sites for hydroxylation is 1. The van der Waals surface area contributed by atoms with Gasteiger partial charge in [-0.15, -0.1) is 0 Å². The zero-order chi connectivity index (χ0) is 28.3. The second kappa shape index (κ2) is 10.3. The molecule has 4 nitrogen and oxygen atoms in total. The molecule has 0 amide bonds. The quantitative estimate of drug-likeness (QED) is 0.184. The second-order valence-electron chi connectivity index (χ2n) is 11.7. The van der Waals surface area contributed by atoms with Gasteiger partial charge in [-0.2, -0.15) is 0 Å². The first-order chi connectivity index (χ1) is 19.7. The van der Waals surface area contributed by atoms with Gasteiger partial charge in [0.25, 0.3) is 0 Å². The van der Waals surface area contributed by atoms with Crippen molar-refractivity contribution in [3.05, 3.63) is 136 Å². The van der Waals surface area contributed by atoms with E-state index < -0.39 is 0 Å². The van der Waals surface area contributed by atoms with Crippen molar-refractivity contribution < 1.29 is 0 Å². The predicted molar refractivity (Wildman–Crippen MR) is 187 cm³/mol. The van der Waals surface area contributed by atoms with Crippen LogP contribution < -0.4 is 16.0 Å². The van der Waals surface area contributed by atoms with E-state index in [0.717, 1.165) is 52.0 Å². The van der Waals surface area contributed by atoms with Crippen LogP contribution in [-0.4, -0.2) is 15.7 Å². The van der Waals surface area contributed by atoms with Gasteiger partial charge in [0.05, 0.1) is 5.35 Å². The largest absolute Gasteiger partial charge is 0.358 e. The number of aromatic nitrogens is 2. The van der Waals surface area contributed by atoms with Gasteiger partial charge in [-0.25, -0.2) is 0 Å². The highest BCUT2D eigenvalue weighted by Gasteiger charge is 2.31. The van der Waals surface area contributed by atoms with Crippen LogP contribution in [0.4, 0.5) is 0 Å². The van der Waals surface area contributed by atoms with Gasteiger partial charge in [-0.05, 0) is 106 Å². The molecule has 4 aromatic rings. The summed E-state index contributed by atoms with van der Waals surface area (Å²) < 4.78 is 2.41. The molecular formula is C35H30I2N4. The number of hydrogen-bond donors (Lipinski definition) is 3. The SMILES string of the molecule is Cc1ccc(C2=c3cc(I)c([nH]3)=CC3=NC(=Cc4ccc([nH]4)C(c4ccc(I)cc4)=C4CC=C2N4)CC3(C)C)cc1. The van der Waals surface area contributed by atoms with Crippen LogP contribution in [0.2, 0.25) is 0 Å². The monoisotopic (exact) mass is 760 g/mol. The Morgan fingerprint density at radius 3 is 2.34 bits per heavy atom. The highest BCUT2D eigenvalue weighted by molar-refractivity contribution is 14.1. The summed E-state index contributed by atoms with van der Waals surface area (Å²) >= 11 is 4.82. The van der Waals surface area contributed by atoms with Gasteiger partial charge in [0.15, 0.2) is 0 Å². The van der Waals surface area contributed by atoms with E-state index in [-0.39, 0.29) is 5.41 Å². The second-order valence-corrected chi connectivity index (χ2v) is 14.1. The summed E-state index contributed by atoms with van der Waals surface area (Å²) in [6.45, 7) is 6.70. The van der Waals surface area contributed by atoms with Gasteiger partial charge in [0.1, 0.15) is 0 Å². The number of hydrogen-bond acceptors (Lipinski definition) is 2. The molecule has 0 spiro atoms. The lowest BCUT2D eigenvalue weighted by atomic mass is 9.85. The topological polar surface area (TPSA) is 56.0 Å². The van der Waals surface area contributed by atoms with Crippen molar-refractivity contribution in [2.45, 2.75) is 33.6 Å². The lowest BCUT2D eigenvalue weighted by molar-refractivity contribution is 0.547. The Morgan fingerprint density at radius 2 is 1.56 bits per heavy atom. The van der Waals surface area contributed by atoms with Crippen LogP contribution in [0.25, 0.3) is 23.3 Å². The van der Waals surface area contributed by atoms with E-state index in [1.54, 1.807) is 0 Å². The Balaban J connectivity index is 1.52. The zero-order valence-corrected chi connectivity index (χ0v) is 27.5. The number of aromatic amines is 2. The molecule has 6 heteroatoms. The molecular weight excluding hydrogens is 730 g/mol. The van der Waals surface area contributed by atoms with Gasteiger partial charge in [-0.3, -0.25) is 4.99 Å². The summed E-state index contributed by atoms with van der Waals surface area (Å²) in [5.74, 6) is 0. The van der Waals surface area contributed by atoms with Gasteiger partial charge in [0.2, 0.25) is 0 Å². The zero-order valence-electron chi connectivity index (χ0n) is 23.2. The molecule has 5 heterocycles. The highest BCUT2D eigenvalue weighted by Crippen LogP contribution is 2.37. The van der Waals surface area contributed by atoms with Crippen LogP contribution in [-0.2, 0) is 0 Å². The molecule has 0 fully saturated rings. The number of nitrogens with zero attached hydrogens (tertiary/aromatic N) is 1. The van der Waals surface area contributed by atoms with Crippen molar-refractivity contribution in [2.75, 3.05) is 0 Å². The van der Waals surface area contributed by atoms with E-state index in [2.05, 4.69) is 166 Å². The molecule has 0 aliphatic carbocycles. The minimum Gasteiger partial charge on any atom is -0.358 e. The summed E-state index contributed by atoms with van der Waals surface area (Å²) in [4.78, 5) is 12.6. The normalized spacial score (nSPS) is 17.6. The molecule has 0 radical (unpaired) electrons. The number of benzene rings is 2. The Kier molecular flexibility index (Phi) is 6.73. The molecule has 3 aliphatic rings. The third-order valence-electron chi connectivity index (χ3n) is 8.07. The molecule has 0 saturated carbocycles. The Labute approximate surface area is 267 Å². The van der Waals surface area contributed by atoms with Crippen LogP contribution in [0, 0.1) is 19.5 Å². The van der Waals surface area contributed by atoms with Gasteiger partial charge >= 0.3 is 0 Å². The van der Waals surface area contributed by atoms with Crippen molar-refractivity contribution in [3.63, 3.8) is 0 Å². The van der Waals surface area contributed by atoms with E-state index >= 15 is 0 Å². The molecule has 3 aliphatic heterocycles. The Hall–Kier alpha value is -3.11. The summed E-state index contributed by atoms with van der Waals surface area (Å²) in [7, 11) is 0. The first-order valence-corrected chi connectivity index (χ1v) is 16.0. The fraction of sp³-hybridized carbons (Fsp3) is 0.171. The van der Waals surface area contributed by atoms with E-state index in [0.29, 0.717) is 0 Å². The fourth-order valence-corrected chi connectivity index (χ4v) is 6.89. The maximum absolute atomic E-state index is 5.13. The maximum Gasteiger partial charge on any atom is 0.0539 e. The third kappa shape index (κ3) is 5.09. The fourth-order valence-electron chi connectivity index (χ4n) is 5.93. The molecule has 3 N–H and O–H groups in total. The Bertz CT molecular complexity index is 1940. The summed E-state index contributed by atoms with van der Waals surface area (Å²) in [5, 5.41) is 6.07. The third-order valence-corrected chi connectivity index (χ3v) is 9.68. The lowest BCUT2D eigenvalue weighted by Crippen LogP contribution is -2.23. The van der Waals surface area contributed by atoms with E-state index in [9.17, 15) is 0 Å². The van der Waals surface area contributed by atoms with Gasteiger partial charge in [-0.1, -0.05) is 61.9 Å². The van der Waals surface area contributed by atoms with Gasteiger partial charge < -0.3 is 15.3 Å². The molecule has 8 bridgehead atoms. The average molecular weight is 760 g/mol. The van der Waals surface area contributed by atoms with Gasteiger partial charge in [0, 0.05) is 76.1 Å². The molecule has 7 rings (SSSR count). The number of nitrogens with one attached hydrogen (secondary N) is 3. The molecule has 0 saturated heterocycles. The summed E-state index contributed by atoms with van der Waals surface area (Å²) in [6, 6.07) is 24.3. The standard InChI is InChI=1S/C35H30I2N4/c1-20-4-6-21(7-5-20)34-29-15-14-28(40-29)33(22-8-10-23(36)11-9-22)27-13-12-24(38-27)16-25-19-35(2,3)32(39-25)18-30-26(37)17-31(34)41-30/h4-13,15-18,38,40-41H,14,19H2,1-3H3. The van der Waals surface area contributed by atoms with Crippen molar-refractivity contribution in [2.24, 2.45) is 10.4 Å². The van der Waals surface area contributed by atoms with Crippen molar-refractivity contribution in [1.82, 2.24) is 15.3 Å². The molecule has 2 aromatic carbocycles. The van der Waals surface area contributed by atoms with E-state index in [1.807, 2.05) is 0 Å². The first-order valence-electron chi connectivity index (χ1n) is 13.9. The minimum absolute atomic E-state index is 0.0511. The molecule has 204 valence electrons. The number of aliphatic imine (C=N–C) groups is 1. The predicted octanol–water partition coefficient (Wildman–Crippen LogP) is 7.40. The molecule has 0 unspecified atom stereocenters. The molecule has 41 heavy (non-hydrogen) atoms. The van der Waals surface area contributed by atoms with Crippen LogP contribution in [0.5, 0.6) is 0 Å². The average Bonchev–Trinajstić information content (AvgIpc) is 3.71. The smallest absolute Gasteiger partial charge is 0.0539 e. The summed E-state index contributed by atoms with van der Waals surface area (Å²) in [5.41, 5.74) is 12.6. The lowest BCUT2D eigenvalue weighted by Gasteiger charge is -2.16. The first kappa shape index (κ1) is 26.8. The number of fused-ring (bicyclic) bond motifs is 7. The van der Waals surface area contributed by atoms with Crippen molar-refractivity contribution in [3.8, 4) is 0 Å². The minimum atomic E-state index is -0.0511. The number of rotatable bonds is 2. The highest BCUT2D eigenvalue weighted by atomic mass is 127. The van der Waals surface area contributed by atoms with Crippen LogP contribution in [0.15, 0.2) is 94.9 Å².